The van der Waals surface area contributed by atoms with Crippen LogP contribution in [0.4, 0.5) is 5.82 Å². The Hall–Kier alpha value is -1.06. The summed E-state index contributed by atoms with van der Waals surface area (Å²) in [4.78, 5) is 1.97. The van der Waals surface area contributed by atoms with Gasteiger partial charge in [-0.3, -0.25) is 0 Å². The van der Waals surface area contributed by atoms with Gasteiger partial charge in [0.05, 0.1) is 0 Å². The summed E-state index contributed by atoms with van der Waals surface area (Å²) in [5, 5.41) is 9.74. The minimum Gasteiger partial charge on any atom is -0.358 e. The zero-order valence-corrected chi connectivity index (χ0v) is 5.55. The molecule has 49 valence electrons. The van der Waals surface area contributed by atoms with Crippen LogP contribution in [0.15, 0.2) is 0 Å². The second kappa shape index (κ2) is 2.48. The number of rotatable bonds is 2. The van der Waals surface area contributed by atoms with Crippen molar-refractivity contribution in [3.63, 3.8) is 0 Å². The molecule has 0 fully saturated rings. The fourth-order valence-corrected chi connectivity index (χ4v) is 0.499. The minimum atomic E-state index is 0.831. The fraction of sp³-hybridized carbons (Fsp3) is 0.600. The number of aromatic nitrogens is 3. The molecule has 4 heteroatoms. The van der Waals surface area contributed by atoms with Crippen LogP contribution in [0.1, 0.15) is 6.92 Å². The van der Waals surface area contributed by atoms with Crippen LogP contribution in [0.25, 0.3) is 0 Å². The van der Waals surface area contributed by atoms with Gasteiger partial charge in [-0.05, 0) is 6.92 Å². The van der Waals surface area contributed by atoms with Crippen LogP contribution in [0.5, 0.6) is 0 Å². The van der Waals surface area contributed by atoms with Crippen LogP contribution in [0.3, 0.4) is 0 Å². The summed E-state index contributed by atoms with van der Waals surface area (Å²) < 4.78 is 0. The molecule has 0 saturated carbocycles. The van der Waals surface area contributed by atoms with Crippen molar-refractivity contribution >= 4 is 5.82 Å². The molecule has 0 amide bonds. The molecule has 1 aromatic rings. The molecule has 0 saturated heterocycles. The van der Waals surface area contributed by atoms with Crippen LogP contribution in [0, 0.1) is 6.20 Å². The van der Waals surface area contributed by atoms with Crippen LogP contribution in [-0.2, 0) is 0 Å². The van der Waals surface area contributed by atoms with Gasteiger partial charge < -0.3 is 4.90 Å². The topological polar surface area (TPSA) is 44.8 Å². The van der Waals surface area contributed by atoms with E-state index in [9.17, 15) is 0 Å². The van der Waals surface area contributed by atoms with E-state index in [1.54, 1.807) is 0 Å². The normalized spacial score (nSPS) is 9.56. The molecular weight excluding hydrogens is 116 g/mol. The lowest BCUT2D eigenvalue weighted by atomic mass is 10.6. The van der Waals surface area contributed by atoms with Crippen LogP contribution >= 0.6 is 0 Å². The Balaban J connectivity index is 2.65. The Morgan fingerprint density at radius 3 is 3.00 bits per heavy atom. The van der Waals surface area contributed by atoms with Gasteiger partial charge in [0.2, 0.25) is 0 Å². The molecule has 0 unspecified atom stereocenters. The van der Waals surface area contributed by atoms with E-state index in [2.05, 4.69) is 28.5 Å². The summed E-state index contributed by atoms with van der Waals surface area (Å²) in [6.07, 6.45) is 2.70. The third kappa shape index (κ3) is 1.19. The van der Waals surface area contributed by atoms with Gasteiger partial charge in [-0.15, -0.1) is 5.10 Å². The number of hydrogen-bond acceptors (Lipinski definition) is 3. The van der Waals surface area contributed by atoms with Gasteiger partial charge in [-0.25, -0.2) is 5.10 Å². The summed E-state index contributed by atoms with van der Waals surface area (Å²) in [6.45, 7) is 2.98. The van der Waals surface area contributed by atoms with Gasteiger partial charge in [0.25, 0.3) is 0 Å². The molecule has 1 aromatic heterocycles. The number of nitrogens with zero attached hydrogens (tertiary/aromatic N) is 3. The maximum atomic E-state index is 3.52. The summed E-state index contributed by atoms with van der Waals surface area (Å²) >= 11 is 0. The molecule has 1 rings (SSSR count). The van der Waals surface area contributed by atoms with E-state index in [1.807, 2.05) is 11.9 Å². The number of hydrogen-bond donors (Lipinski definition) is 1. The number of aromatic amines is 1. The van der Waals surface area contributed by atoms with Crippen molar-refractivity contribution in [3.8, 4) is 0 Å². The minimum absolute atomic E-state index is 0.831. The number of H-pyrrole nitrogens is 1. The second-order valence-corrected chi connectivity index (χ2v) is 1.79. The van der Waals surface area contributed by atoms with Crippen molar-refractivity contribution < 1.29 is 0 Å². The maximum absolute atomic E-state index is 3.52. The molecule has 0 aliphatic rings. The van der Waals surface area contributed by atoms with E-state index in [0.29, 0.717) is 0 Å². The van der Waals surface area contributed by atoms with Crippen molar-refractivity contribution in [2.45, 2.75) is 6.92 Å². The Labute approximate surface area is 53.9 Å². The van der Waals surface area contributed by atoms with E-state index in [-0.39, 0.29) is 0 Å². The van der Waals surface area contributed by atoms with Crippen molar-refractivity contribution in [2.24, 2.45) is 0 Å². The van der Waals surface area contributed by atoms with Crippen molar-refractivity contribution in [2.75, 3.05) is 18.5 Å². The average Bonchev–Trinajstić information content (AvgIpc) is 2.37. The highest BCUT2D eigenvalue weighted by Gasteiger charge is 1.97. The highest BCUT2D eigenvalue weighted by molar-refractivity contribution is 5.30. The highest BCUT2D eigenvalue weighted by atomic mass is 15.4. The smallest absolute Gasteiger partial charge is 0.161 e. The fourth-order valence-electron chi connectivity index (χ4n) is 0.499. The standard InChI is InChI=1S/C5H9N4/c1-3-9(2)5-4-6-8-7-5/h3H2,1-2H3,(H,6,7,8). The van der Waals surface area contributed by atoms with E-state index < -0.39 is 0 Å². The maximum Gasteiger partial charge on any atom is 0.161 e. The molecule has 4 nitrogen and oxygen atoms in total. The molecule has 1 N–H and O–H groups in total. The third-order valence-corrected chi connectivity index (χ3v) is 1.22. The van der Waals surface area contributed by atoms with Crippen LogP contribution in [-0.4, -0.2) is 29.0 Å². The molecule has 1 radical (unpaired) electrons. The van der Waals surface area contributed by atoms with Gasteiger partial charge in [-0.1, -0.05) is 5.21 Å². The molecule has 1 heterocycles. The Kier molecular flexibility index (Phi) is 1.67. The van der Waals surface area contributed by atoms with Crippen LogP contribution in [0.2, 0.25) is 0 Å². The first-order valence-corrected chi connectivity index (χ1v) is 2.84. The van der Waals surface area contributed by atoms with Crippen molar-refractivity contribution in [1.29, 1.82) is 0 Å². The Bertz CT molecular complexity index is 157. The molecule has 0 spiro atoms. The lowest BCUT2D eigenvalue weighted by Crippen LogP contribution is -2.15. The van der Waals surface area contributed by atoms with Gasteiger partial charge in [-0.2, -0.15) is 0 Å². The quantitative estimate of drug-likeness (QED) is 0.608. The number of nitrogens with one attached hydrogen (secondary N) is 1. The summed E-state index contributed by atoms with van der Waals surface area (Å²) in [5.41, 5.74) is 0. The first-order chi connectivity index (χ1) is 4.34. The molecule has 0 aliphatic carbocycles. The molecular formula is C5H9N4. The summed E-state index contributed by atoms with van der Waals surface area (Å²) in [5.74, 6) is 0.831. The Morgan fingerprint density at radius 1 is 1.78 bits per heavy atom. The molecule has 0 bridgehead atoms. The summed E-state index contributed by atoms with van der Waals surface area (Å²) in [6, 6.07) is 0. The van der Waals surface area contributed by atoms with Crippen molar-refractivity contribution in [3.05, 3.63) is 6.20 Å². The van der Waals surface area contributed by atoms with E-state index in [1.165, 1.54) is 0 Å². The predicted molar refractivity (Wildman–Crippen MR) is 34.2 cm³/mol. The SMILES string of the molecule is CCN(C)c1[c]nn[nH]1. The Morgan fingerprint density at radius 2 is 2.56 bits per heavy atom. The molecule has 0 aromatic carbocycles. The average molecular weight is 125 g/mol. The monoisotopic (exact) mass is 125 g/mol. The first kappa shape index (κ1) is 6.07. The lowest BCUT2D eigenvalue weighted by Gasteiger charge is -2.10. The second-order valence-electron chi connectivity index (χ2n) is 1.79. The number of anilines is 1. The largest absolute Gasteiger partial charge is 0.358 e. The van der Waals surface area contributed by atoms with E-state index in [0.717, 1.165) is 12.4 Å². The molecule has 0 atom stereocenters. The van der Waals surface area contributed by atoms with Gasteiger partial charge >= 0.3 is 0 Å². The first-order valence-electron chi connectivity index (χ1n) is 2.84. The van der Waals surface area contributed by atoms with Gasteiger partial charge in [0.15, 0.2) is 12.0 Å². The predicted octanol–water partition coefficient (Wildman–Crippen LogP) is 0.0610. The van der Waals surface area contributed by atoms with Crippen LogP contribution < -0.4 is 4.90 Å². The zero-order chi connectivity index (χ0) is 6.69. The van der Waals surface area contributed by atoms with E-state index in [4.69, 9.17) is 0 Å². The summed E-state index contributed by atoms with van der Waals surface area (Å²) in [7, 11) is 1.95. The third-order valence-electron chi connectivity index (χ3n) is 1.22. The van der Waals surface area contributed by atoms with E-state index >= 15 is 0 Å². The van der Waals surface area contributed by atoms with Gasteiger partial charge in [0, 0.05) is 13.6 Å². The molecule has 9 heavy (non-hydrogen) atoms. The highest BCUT2D eigenvalue weighted by Crippen LogP contribution is 2.00. The zero-order valence-electron chi connectivity index (χ0n) is 5.55. The molecule has 0 aliphatic heterocycles. The van der Waals surface area contributed by atoms with Gasteiger partial charge in [0.1, 0.15) is 0 Å². The lowest BCUT2D eigenvalue weighted by molar-refractivity contribution is 0.897. The van der Waals surface area contributed by atoms with Crippen molar-refractivity contribution in [1.82, 2.24) is 15.4 Å².